The SMILES string of the molecule is CCC(C)(C)C(=O)c1ccc(C(=O)Nc2cc(C(c3ccc4c(c3)NC(C)(C)CC4)(C(F)(F)F)C(F)(F)F)ccc2C)c2c(C(=O)O)ccc(C(=O)O)c12. The van der Waals surface area contributed by atoms with E-state index in [1.807, 2.05) is 0 Å². The Morgan fingerprint density at radius 3 is 1.80 bits per heavy atom. The molecule has 4 N–H and O–H groups in total. The molecule has 0 fully saturated rings. The first kappa shape index (κ1) is 39.8. The molecule has 8 nitrogen and oxygen atoms in total. The lowest BCUT2D eigenvalue weighted by Crippen LogP contribution is -2.55. The zero-order chi connectivity index (χ0) is 40.3. The topological polar surface area (TPSA) is 133 Å². The average Bonchev–Trinajstić information content (AvgIpc) is 3.06. The van der Waals surface area contributed by atoms with Gasteiger partial charge in [0.05, 0.1) is 11.1 Å². The van der Waals surface area contributed by atoms with Gasteiger partial charge in [-0.2, -0.15) is 26.3 Å². The Bertz CT molecular complexity index is 2210. The maximum Gasteiger partial charge on any atom is 0.411 e. The van der Waals surface area contributed by atoms with Crippen LogP contribution in [-0.2, 0) is 11.8 Å². The number of hydrogen-bond donors (Lipinski definition) is 4. The lowest BCUT2D eigenvalue weighted by Gasteiger charge is -2.40. The highest BCUT2D eigenvalue weighted by molar-refractivity contribution is 6.25. The molecule has 0 aromatic heterocycles. The minimum absolute atomic E-state index is 0.0599. The lowest BCUT2D eigenvalue weighted by molar-refractivity contribution is -0.288. The van der Waals surface area contributed by atoms with Crippen molar-refractivity contribution in [2.75, 3.05) is 10.6 Å². The number of amides is 1. The summed E-state index contributed by atoms with van der Waals surface area (Å²) in [6, 6.07) is 9.31. The number of fused-ring (bicyclic) bond motifs is 2. The molecule has 5 rings (SSSR count). The molecule has 4 aromatic rings. The summed E-state index contributed by atoms with van der Waals surface area (Å²) in [6.45, 7) is 9.81. The molecule has 1 heterocycles. The largest absolute Gasteiger partial charge is 0.478 e. The summed E-state index contributed by atoms with van der Waals surface area (Å²) < 4.78 is 91.4. The highest BCUT2D eigenvalue weighted by Gasteiger charge is 2.72. The molecule has 1 aliphatic heterocycles. The highest BCUT2D eigenvalue weighted by atomic mass is 19.4. The van der Waals surface area contributed by atoms with Crippen LogP contribution in [0.5, 0.6) is 0 Å². The number of aryl methyl sites for hydroxylation is 2. The first-order valence-electron chi connectivity index (χ1n) is 17.0. The van der Waals surface area contributed by atoms with E-state index < -0.39 is 91.2 Å². The third-order valence-electron chi connectivity index (χ3n) is 10.4. The summed E-state index contributed by atoms with van der Waals surface area (Å²) in [5.74, 6) is -4.86. The summed E-state index contributed by atoms with van der Waals surface area (Å²) in [5, 5.41) is 24.7. The van der Waals surface area contributed by atoms with Gasteiger partial charge in [-0.05, 0) is 98.7 Å². The molecule has 0 unspecified atom stereocenters. The summed E-state index contributed by atoms with van der Waals surface area (Å²) in [7, 11) is 0. The number of aromatic carboxylic acids is 2. The quantitative estimate of drug-likeness (QED) is 0.0987. The number of carboxylic acid groups (broad SMARTS) is 2. The molecule has 14 heteroatoms. The van der Waals surface area contributed by atoms with Gasteiger partial charge in [-0.25, -0.2) is 9.59 Å². The number of halogens is 6. The van der Waals surface area contributed by atoms with Gasteiger partial charge < -0.3 is 20.8 Å². The van der Waals surface area contributed by atoms with Gasteiger partial charge in [0.25, 0.3) is 5.91 Å². The van der Waals surface area contributed by atoms with Crippen molar-refractivity contribution in [1.29, 1.82) is 0 Å². The molecule has 0 bridgehead atoms. The number of benzene rings is 4. The molecule has 1 amide bonds. The van der Waals surface area contributed by atoms with Crippen LogP contribution >= 0.6 is 0 Å². The average molecular weight is 757 g/mol. The smallest absolute Gasteiger partial charge is 0.411 e. The molecular formula is C40H38F6N2O6. The Morgan fingerprint density at radius 2 is 1.26 bits per heavy atom. The van der Waals surface area contributed by atoms with Crippen LogP contribution in [-0.4, -0.2) is 51.7 Å². The highest BCUT2D eigenvalue weighted by Crippen LogP contribution is 2.57. The molecule has 0 saturated carbocycles. The van der Waals surface area contributed by atoms with Gasteiger partial charge in [0.1, 0.15) is 0 Å². The molecule has 0 atom stereocenters. The van der Waals surface area contributed by atoms with Gasteiger partial charge in [-0.3, -0.25) is 9.59 Å². The molecule has 0 radical (unpaired) electrons. The second-order valence-corrected chi connectivity index (χ2v) is 14.9. The number of anilines is 2. The van der Waals surface area contributed by atoms with Gasteiger partial charge in [0.15, 0.2) is 5.78 Å². The van der Waals surface area contributed by atoms with Crippen molar-refractivity contribution < 1.29 is 55.7 Å². The minimum atomic E-state index is -5.94. The number of alkyl halides is 6. The predicted octanol–water partition coefficient (Wildman–Crippen LogP) is 9.96. The fourth-order valence-corrected chi connectivity index (χ4v) is 6.94. The van der Waals surface area contributed by atoms with E-state index in [0.29, 0.717) is 37.0 Å². The molecule has 0 saturated heterocycles. The molecule has 0 aliphatic carbocycles. The van der Waals surface area contributed by atoms with Crippen molar-refractivity contribution >= 4 is 45.8 Å². The summed E-state index contributed by atoms with van der Waals surface area (Å²) in [6.07, 6.45) is -10.5. The van der Waals surface area contributed by atoms with Gasteiger partial charge in [-0.15, -0.1) is 0 Å². The summed E-state index contributed by atoms with van der Waals surface area (Å²) >= 11 is 0. The number of carbonyl (C=O) groups excluding carboxylic acids is 2. The van der Waals surface area contributed by atoms with E-state index in [1.165, 1.54) is 13.0 Å². The molecule has 4 aromatic carbocycles. The maximum absolute atomic E-state index is 15.2. The second kappa shape index (κ2) is 13.5. The number of ketones is 1. The monoisotopic (exact) mass is 756 g/mol. The van der Waals surface area contributed by atoms with Crippen LogP contribution in [0.15, 0.2) is 60.7 Å². The van der Waals surface area contributed by atoms with Crippen LogP contribution in [0.1, 0.15) is 111 Å². The standard InChI is InChI=1S/C40H38F6N2O6/c1-7-36(3,4)32(49)24-12-13-25(31-27(35(53)54)15-14-26(30(24)31)34(51)52)33(50)47-28-18-22(10-8-20(28)2)38(39(41,42)43,40(44,45)46)23-11-9-21-16-17-37(5,6)48-29(21)19-23/h8-15,18-19,48H,7,16-17H2,1-6H3,(H,47,50)(H,51,52)(H,53,54). The lowest BCUT2D eigenvalue weighted by atomic mass is 9.71. The predicted molar refractivity (Wildman–Crippen MR) is 191 cm³/mol. The van der Waals surface area contributed by atoms with Crippen molar-refractivity contribution in [2.45, 2.75) is 84.1 Å². The number of Topliss-reactive ketones (excluding diaryl/α,β-unsaturated/α-hetero) is 1. The van der Waals surface area contributed by atoms with E-state index in [1.54, 1.807) is 34.6 Å². The minimum Gasteiger partial charge on any atom is -0.478 e. The maximum atomic E-state index is 15.2. The van der Waals surface area contributed by atoms with Crippen LogP contribution in [0.25, 0.3) is 10.8 Å². The second-order valence-electron chi connectivity index (χ2n) is 14.9. The molecule has 54 heavy (non-hydrogen) atoms. The van der Waals surface area contributed by atoms with E-state index in [9.17, 15) is 29.4 Å². The zero-order valence-corrected chi connectivity index (χ0v) is 30.2. The van der Waals surface area contributed by atoms with Crippen LogP contribution in [0.2, 0.25) is 0 Å². The number of hydrogen-bond acceptors (Lipinski definition) is 5. The van der Waals surface area contributed by atoms with Crippen molar-refractivity contribution in [3.8, 4) is 0 Å². The fourth-order valence-electron chi connectivity index (χ4n) is 6.94. The fraction of sp³-hybridized carbons (Fsp3) is 0.350. The van der Waals surface area contributed by atoms with Crippen LogP contribution in [0.3, 0.4) is 0 Å². The van der Waals surface area contributed by atoms with Crippen LogP contribution in [0.4, 0.5) is 37.7 Å². The third-order valence-corrected chi connectivity index (χ3v) is 10.4. The Morgan fingerprint density at radius 1 is 0.759 bits per heavy atom. The Balaban J connectivity index is 1.73. The van der Waals surface area contributed by atoms with E-state index in [0.717, 1.165) is 42.5 Å². The van der Waals surface area contributed by atoms with Gasteiger partial charge in [0.2, 0.25) is 5.41 Å². The van der Waals surface area contributed by atoms with E-state index in [2.05, 4.69) is 10.6 Å². The zero-order valence-electron chi connectivity index (χ0n) is 30.2. The summed E-state index contributed by atoms with van der Waals surface area (Å²) in [4.78, 5) is 52.5. The first-order chi connectivity index (χ1) is 24.9. The van der Waals surface area contributed by atoms with E-state index >= 15 is 26.3 Å². The molecule has 0 spiro atoms. The third kappa shape index (κ3) is 6.66. The van der Waals surface area contributed by atoms with Gasteiger partial charge in [-0.1, -0.05) is 45.0 Å². The molecule has 1 aliphatic rings. The van der Waals surface area contributed by atoms with E-state index in [-0.39, 0.29) is 22.2 Å². The molecule has 286 valence electrons. The number of carbonyl (C=O) groups is 4. The normalized spacial score (nSPS) is 14.6. The van der Waals surface area contributed by atoms with Crippen molar-refractivity contribution in [3.05, 3.63) is 105 Å². The van der Waals surface area contributed by atoms with Gasteiger partial charge in [0, 0.05) is 44.2 Å². The van der Waals surface area contributed by atoms with Crippen LogP contribution < -0.4 is 10.6 Å². The van der Waals surface area contributed by atoms with Gasteiger partial charge >= 0.3 is 24.3 Å². The van der Waals surface area contributed by atoms with Crippen molar-refractivity contribution in [2.24, 2.45) is 5.41 Å². The first-order valence-corrected chi connectivity index (χ1v) is 17.0. The number of carboxylic acids is 2. The Kier molecular flexibility index (Phi) is 9.93. The van der Waals surface area contributed by atoms with E-state index in [4.69, 9.17) is 0 Å². The Hall–Kier alpha value is -5.40. The number of rotatable bonds is 9. The van der Waals surface area contributed by atoms with Crippen molar-refractivity contribution in [3.63, 3.8) is 0 Å². The molecular weight excluding hydrogens is 718 g/mol. The number of nitrogens with one attached hydrogen (secondary N) is 2. The van der Waals surface area contributed by atoms with Crippen molar-refractivity contribution in [1.82, 2.24) is 0 Å². The summed E-state index contributed by atoms with van der Waals surface area (Å²) in [5.41, 5.74) is -9.98. The Labute approximate surface area is 306 Å². The van der Waals surface area contributed by atoms with Crippen LogP contribution in [0, 0.1) is 12.3 Å².